The van der Waals surface area contributed by atoms with Crippen LogP contribution < -0.4 is 21.7 Å². The average molecular weight is 1100 g/mol. The van der Waals surface area contributed by atoms with Gasteiger partial charge in [0.25, 0.3) is 5.91 Å². The zero-order chi connectivity index (χ0) is 54.7. The van der Waals surface area contributed by atoms with E-state index < -0.39 is 17.9 Å². The van der Waals surface area contributed by atoms with Crippen molar-refractivity contribution in [3.8, 4) is 0 Å². The van der Waals surface area contributed by atoms with E-state index in [9.17, 15) is 24.3 Å². The number of thiol groups is 1. The minimum Gasteiger partial charge on any atom is -0.480 e. The molecule has 0 saturated carbocycles. The molecule has 24 nitrogen and oxygen atoms in total. The maximum Gasteiger partial charge on any atom is 0.326 e. The van der Waals surface area contributed by atoms with Crippen molar-refractivity contribution in [1.29, 1.82) is 0 Å². The van der Waals surface area contributed by atoms with Gasteiger partial charge in [-0.15, -0.1) is 0 Å². The maximum absolute atomic E-state index is 12.9. The Labute approximate surface area is 451 Å². The molecule has 1 atom stereocenters. The number of hydrogen-bond donors (Lipinski definition) is 5. The van der Waals surface area contributed by atoms with Crippen LogP contribution in [0.15, 0.2) is 30.5 Å². The number of carbonyl (C=O) groups excluding carboxylic acids is 3. The molecule has 2 aromatic heterocycles. The van der Waals surface area contributed by atoms with E-state index in [0.717, 1.165) is 18.5 Å². The second-order valence-electron chi connectivity index (χ2n) is 17.0. The summed E-state index contributed by atoms with van der Waals surface area (Å²) in [7, 11) is 1.84. The lowest BCUT2D eigenvalue weighted by Gasteiger charge is -2.19. The number of rotatable bonds is 51. The number of nitrogens with zero attached hydrogens (tertiary/aromatic N) is 5. The molecule has 428 valence electrons. The van der Waals surface area contributed by atoms with Crippen LogP contribution in [-0.4, -0.2) is 213 Å². The van der Waals surface area contributed by atoms with Gasteiger partial charge in [0.1, 0.15) is 17.6 Å². The molecule has 3 rings (SSSR count). The fraction of sp³-hybridized carbons (Fsp3) is 0.686. The number of aromatic nitrogens is 4. The number of fused-ring (bicyclic) bond motifs is 1. The summed E-state index contributed by atoms with van der Waals surface area (Å²) in [4.78, 5) is 68.2. The number of ketones is 2. The number of anilines is 3. The summed E-state index contributed by atoms with van der Waals surface area (Å²) < 4.78 is 60.3. The second-order valence-corrected chi connectivity index (χ2v) is 17.5. The summed E-state index contributed by atoms with van der Waals surface area (Å²) in [6, 6.07) is 5.42. The number of aliphatic carboxylic acids is 1. The highest BCUT2D eigenvalue weighted by Crippen LogP contribution is 2.19. The summed E-state index contributed by atoms with van der Waals surface area (Å²) in [6.07, 6.45) is 5.49. The number of unbranched alkanes of at least 4 members (excludes halogenated alkanes) is 2. The Balaban J connectivity index is 1.03. The van der Waals surface area contributed by atoms with Gasteiger partial charge in [-0.2, -0.15) is 22.6 Å². The molecule has 0 spiro atoms. The molecule has 1 unspecified atom stereocenters. The van der Waals surface area contributed by atoms with E-state index in [0.29, 0.717) is 200 Å². The number of carboxylic acids is 1. The first kappa shape index (κ1) is 65.5. The Bertz CT molecular complexity index is 2030. The predicted molar refractivity (Wildman–Crippen MR) is 286 cm³/mol. The third-order valence-electron chi connectivity index (χ3n) is 10.9. The Kier molecular flexibility index (Phi) is 37.3. The summed E-state index contributed by atoms with van der Waals surface area (Å²) in [5.41, 5.74) is 13.9. The molecule has 0 bridgehead atoms. The SMILES string of the molecule is CN(Cc1cnc2nc(N)nc(N)c2n1)c1ccc(C(=O)NC(CCC(=O)CCCCOCCOCCOCCCCC(=O)CCOCCOCCOCCOCCOCCOCCOCCOCCS)C(=O)O)cc1. The number of Topliss-reactive ketones (excluding diaryl/α,β-unsaturated/α-hetero) is 2. The monoisotopic (exact) mass is 1090 g/mol. The first-order chi connectivity index (χ1) is 37.1. The van der Waals surface area contributed by atoms with Crippen LogP contribution in [0.25, 0.3) is 11.2 Å². The molecule has 0 saturated heterocycles. The molecule has 1 aromatic carbocycles. The van der Waals surface area contributed by atoms with Gasteiger partial charge >= 0.3 is 5.97 Å². The minimum absolute atomic E-state index is 0.0104. The van der Waals surface area contributed by atoms with Gasteiger partial charge in [-0.3, -0.25) is 14.4 Å². The van der Waals surface area contributed by atoms with E-state index in [2.05, 4.69) is 37.9 Å². The number of amides is 1. The smallest absolute Gasteiger partial charge is 0.326 e. The van der Waals surface area contributed by atoms with Gasteiger partial charge in [0.15, 0.2) is 17.0 Å². The van der Waals surface area contributed by atoms with E-state index in [4.69, 9.17) is 63.6 Å². The van der Waals surface area contributed by atoms with Crippen LogP contribution in [0, 0.1) is 0 Å². The van der Waals surface area contributed by atoms with Crippen molar-refractivity contribution >= 4 is 64.7 Å². The number of nitrogens with two attached hydrogens (primary N) is 2. The minimum atomic E-state index is -1.22. The number of hydrogen-bond acceptors (Lipinski definition) is 23. The first-order valence-electron chi connectivity index (χ1n) is 26.0. The first-order valence-corrected chi connectivity index (χ1v) is 26.6. The van der Waals surface area contributed by atoms with E-state index in [-0.39, 0.29) is 48.2 Å². The van der Waals surface area contributed by atoms with Crippen LogP contribution in [0.4, 0.5) is 17.5 Å². The number of carbonyl (C=O) groups is 4. The standard InChI is InChI=1S/C51H82N8O16S/c1-59(39-41-38-54-48-46(55-41)47(52)57-51(53)58-48)42-10-8-40(9-11-42)49(62)56-45(50(63)64)13-12-43(60)6-2-4-15-65-18-21-68-22-19-66-16-5-3-7-44(61)14-17-67-20-23-69-24-25-70-26-27-71-28-29-72-30-31-73-32-33-74-34-35-75-36-37-76/h8-11,38,45,76H,2-7,12-37,39H2,1H3,(H,56,62)(H,63,64)(H4,52,53,54,57,58). The van der Waals surface area contributed by atoms with E-state index in [1.165, 1.54) is 0 Å². The molecular weight excluding hydrogens is 1010 g/mol. The van der Waals surface area contributed by atoms with Crippen LogP contribution >= 0.6 is 12.6 Å². The number of ether oxygens (including phenoxy) is 11. The molecule has 3 aromatic rings. The fourth-order valence-corrected chi connectivity index (χ4v) is 6.93. The highest BCUT2D eigenvalue weighted by Gasteiger charge is 2.22. The molecule has 0 radical (unpaired) electrons. The van der Waals surface area contributed by atoms with E-state index >= 15 is 0 Å². The van der Waals surface area contributed by atoms with Crippen molar-refractivity contribution in [1.82, 2.24) is 25.3 Å². The summed E-state index contributed by atoms with van der Waals surface area (Å²) >= 11 is 4.07. The second kappa shape index (κ2) is 43.2. The van der Waals surface area contributed by atoms with Crippen LogP contribution in [0.5, 0.6) is 0 Å². The zero-order valence-electron chi connectivity index (χ0n) is 44.2. The Hall–Kier alpha value is -4.77. The third kappa shape index (κ3) is 32.1. The molecule has 0 aliphatic carbocycles. The van der Waals surface area contributed by atoms with Gasteiger partial charge in [0, 0.05) is 62.9 Å². The van der Waals surface area contributed by atoms with Crippen molar-refractivity contribution in [3.05, 3.63) is 41.7 Å². The third-order valence-corrected chi connectivity index (χ3v) is 11.1. The van der Waals surface area contributed by atoms with Crippen molar-refractivity contribution in [2.75, 3.05) is 175 Å². The molecule has 25 heteroatoms. The molecule has 1 amide bonds. The van der Waals surface area contributed by atoms with Gasteiger partial charge in [-0.05, 0) is 56.4 Å². The average Bonchev–Trinajstić information content (AvgIpc) is 3.41. The van der Waals surface area contributed by atoms with Crippen LogP contribution in [0.3, 0.4) is 0 Å². The van der Waals surface area contributed by atoms with Gasteiger partial charge in [-0.1, -0.05) is 0 Å². The van der Waals surface area contributed by atoms with Crippen LogP contribution in [-0.2, 0) is 73.0 Å². The maximum atomic E-state index is 12.9. The summed E-state index contributed by atoms with van der Waals surface area (Å²) in [5.74, 6) is -0.866. The lowest BCUT2D eigenvalue weighted by Crippen LogP contribution is -2.41. The van der Waals surface area contributed by atoms with Crippen molar-refractivity contribution < 1.29 is 76.4 Å². The zero-order valence-corrected chi connectivity index (χ0v) is 45.1. The number of nitrogen functional groups attached to an aromatic ring is 2. The Morgan fingerprint density at radius 3 is 1.46 bits per heavy atom. The van der Waals surface area contributed by atoms with Crippen LogP contribution in [0.2, 0.25) is 0 Å². The van der Waals surface area contributed by atoms with Gasteiger partial charge in [0.05, 0.1) is 151 Å². The van der Waals surface area contributed by atoms with Gasteiger partial charge in [0.2, 0.25) is 5.95 Å². The van der Waals surface area contributed by atoms with E-state index in [1.807, 2.05) is 11.9 Å². The van der Waals surface area contributed by atoms with E-state index in [1.54, 1.807) is 30.5 Å². The van der Waals surface area contributed by atoms with Crippen molar-refractivity contribution in [2.24, 2.45) is 0 Å². The molecule has 0 aliphatic heterocycles. The Morgan fingerprint density at radius 1 is 0.566 bits per heavy atom. The fourth-order valence-electron chi connectivity index (χ4n) is 6.80. The quantitative estimate of drug-likeness (QED) is 0.0400. The molecule has 6 N–H and O–H groups in total. The number of nitrogens with one attached hydrogen (secondary N) is 1. The van der Waals surface area contributed by atoms with Crippen LogP contribution in [0.1, 0.15) is 73.8 Å². The largest absolute Gasteiger partial charge is 0.480 e. The lowest BCUT2D eigenvalue weighted by atomic mass is 10.0. The topological polar surface area (TPSA) is 309 Å². The molecule has 2 heterocycles. The number of carboxylic acid groups (broad SMARTS) is 1. The van der Waals surface area contributed by atoms with Crippen molar-refractivity contribution in [2.45, 2.75) is 70.4 Å². The highest BCUT2D eigenvalue weighted by atomic mass is 32.1. The van der Waals surface area contributed by atoms with Crippen molar-refractivity contribution in [3.63, 3.8) is 0 Å². The predicted octanol–water partition coefficient (Wildman–Crippen LogP) is 3.17. The molecule has 76 heavy (non-hydrogen) atoms. The molecular formula is C51H82N8O16S. The van der Waals surface area contributed by atoms with Gasteiger partial charge < -0.3 is 78.9 Å². The lowest BCUT2D eigenvalue weighted by molar-refractivity contribution is -0.139. The molecule has 0 aliphatic rings. The van der Waals surface area contributed by atoms with Gasteiger partial charge in [-0.25, -0.2) is 14.8 Å². The number of benzene rings is 1. The highest BCUT2D eigenvalue weighted by molar-refractivity contribution is 7.80. The normalized spacial score (nSPS) is 11.8. The summed E-state index contributed by atoms with van der Waals surface area (Å²) in [5, 5.41) is 12.3. The Morgan fingerprint density at radius 2 is 1.00 bits per heavy atom. The summed E-state index contributed by atoms with van der Waals surface area (Å²) in [6.45, 7) is 10.9. The molecule has 0 fully saturated rings.